The highest BCUT2D eigenvalue weighted by molar-refractivity contribution is 9.10. The Morgan fingerprint density at radius 3 is 2.81 bits per heavy atom. The molecule has 0 saturated heterocycles. The van der Waals surface area contributed by atoms with Gasteiger partial charge in [-0.05, 0) is 36.3 Å². The summed E-state index contributed by atoms with van der Waals surface area (Å²) in [6, 6.07) is 5.05. The van der Waals surface area contributed by atoms with Crippen LogP contribution in [0.4, 0.5) is 0 Å². The number of esters is 1. The molecule has 0 aromatic heterocycles. The lowest BCUT2D eigenvalue weighted by atomic mass is 10.2. The van der Waals surface area contributed by atoms with Gasteiger partial charge in [-0.25, -0.2) is 9.59 Å². The van der Waals surface area contributed by atoms with Gasteiger partial charge in [0.1, 0.15) is 5.75 Å². The average Bonchev–Trinajstić information content (AvgIpc) is 2.45. The van der Waals surface area contributed by atoms with Gasteiger partial charge in [0.15, 0.2) is 6.61 Å². The van der Waals surface area contributed by atoms with Crippen LogP contribution < -0.4 is 4.74 Å². The molecule has 1 aromatic carbocycles. The number of carboxylic acids is 1. The van der Waals surface area contributed by atoms with E-state index in [1.54, 1.807) is 18.2 Å². The lowest BCUT2D eigenvalue weighted by Gasteiger charge is -2.08. The Kier molecular flexibility index (Phi) is 7.53. The number of ether oxygens (including phenoxy) is 2. The number of carboxylic acid groups (broad SMARTS) is 1. The quantitative estimate of drug-likeness (QED) is 0.439. The Balaban J connectivity index is 2.58. The van der Waals surface area contributed by atoms with Crippen molar-refractivity contribution in [2.45, 2.75) is 19.8 Å². The third-order valence-corrected chi connectivity index (χ3v) is 3.21. The van der Waals surface area contributed by atoms with Crippen molar-refractivity contribution in [1.82, 2.24) is 0 Å². The zero-order chi connectivity index (χ0) is 15.7. The van der Waals surface area contributed by atoms with Gasteiger partial charge in [0.05, 0.1) is 6.61 Å². The molecule has 1 N–H and O–H groups in total. The topological polar surface area (TPSA) is 72.8 Å². The van der Waals surface area contributed by atoms with Crippen molar-refractivity contribution in [2.75, 3.05) is 13.2 Å². The van der Waals surface area contributed by atoms with Crippen LogP contribution in [-0.2, 0) is 14.3 Å². The minimum atomic E-state index is -1.03. The molecule has 0 saturated carbocycles. The second-order valence-corrected chi connectivity index (χ2v) is 5.07. The molecule has 114 valence electrons. The maximum absolute atomic E-state index is 11.4. The third-order valence-electron chi connectivity index (χ3n) is 2.49. The van der Waals surface area contributed by atoms with Gasteiger partial charge >= 0.3 is 11.9 Å². The van der Waals surface area contributed by atoms with E-state index in [4.69, 9.17) is 14.6 Å². The number of unbranched alkanes of at least 4 members (excludes halogenated alkanes) is 1. The van der Waals surface area contributed by atoms with Gasteiger partial charge in [0, 0.05) is 10.5 Å². The number of benzene rings is 1. The van der Waals surface area contributed by atoms with Gasteiger partial charge in [0.25, 0.3) is 0 Å². The molecular weight excluding hydrogens is 340 g/mol. The normalized spacial score (nSPS) is 10.6. The van der Waals surface area contributed by atoms with E-state index in [1.165, 1.54) is 6.08 Å². The largest absolute Gasteiger partial charge is 0.482 e. The number of halogens is 1. The summed E-state index contributed by atoms with van der Waals surface area (Å²) in [5.41, 5.74) is 0.647. The zero-order valence-electron chi connectivity index (χ0n) is 11.7. The van der Waals surface area contributed by atoms with Gasteiger partial charge in [-0.1, -0.05) is 29.3 Å². The molecular formula is C15H17BrO5. The van der Waals surface area contributed by atoms with Crippen molar-refractivity contribution >= 4 is 33.9 Å². The molecule has 21 heavy (non-hydrogen) atoms. The number of hydrogen-bond acceptors (Lipinski definition) is 4. The fraction of sp³-hybridized carbons (Fsp3) is 0.333. The van der Waals surface area contributed by atoms with Crippen LogP contribution in [0, 0.1) is 0 Å². The predicted molar refractivity (Wildman–Crippen MR) is 82.2 cm³/mol. The summed E-state index contributed by atoms with van der Waals surface area (Å²) in [5, 5.41) is 8.62. The van der Waals surface area contributed by atoms with Crippen molar-refractivity contribution in [3.63, 3.8) is 0 Å². The maximum Gasteiger partial charge on any atom is 0.344 e. The monoisotopic (exact) mass is 356 g/mol. The Morgan fingerprint density at radius 2 is 2.14 bits per heavy atom. The van der Waals surface area contributed by atoms with E-state index in [2.05, 4.69) is 15.9 Å². The van der Waals surface area contributed by atoms with Gasteiger partial charge in [0.2, 0.25) is 0 Å². The fourth-order valence-corrected chi connectivity index (χ4v) is 1.79. The van der Waals surface area contributed by atoms with Gasteiger partial charge in [-0.2, -0.15) is 0 Å². The molecule has 0 bridgehead atoms. The van der Waals surface area contributed by atoms with Crippen LogP contribution in [0.2, 0.25) is 0 Å². The molecule has 5 nitrogen and oxygen atoms in total. The van der Waals surface area contributed by atoms with Crippen molar-refractivity contribution in [2.24, 2.45) is 0 Å². The highest BCUT2D eigenvalue weighted by atomic mass is 79.9. The molecule has 6 heteroatoms. The Bertz CT molecular complexity index is 525. The lowest BCUT2D eigenvalue weighted by Crippen LogP contribution is -2.15. The molecule has 0 fully saturated rings. The number of hydrogen-bond donors (Lipinski definition) is 1. The molecule has 0 unspecified atom stereocenters. The van der Waals surface area contributed by atoms with E-state index in [0.717, 1.165) is 23.4 Å². The van der Waals surface area contributed by atoms with Crippen molar-refractivity contribution < 1.29 is 24.2 Å². The smallest absolute Gasteiger partial charge is 0.344 e. The Labute approximate surface area is 131 Å². The second-order valence-electron chi connectivity index (χ2n) is 4.22. The van der Waals surface area contributed by atoms with E-state index < -0.39 is 11.9 Å². The average molecular weight is 357 g/mol. The summed E-state index contributed by atoms with van der Waals surface area (Å²) < 4.78 is 11.0. The fourth-order valence-electron chi connectivity index (χ4n) is 1.41. The minimum Gasteiger partial charge on any atom is -0.482 e. The van der Waals surface area contributed by atoms with Crippen LogP contribution in [0.1, 0.15) is 25.3 Å². The van der Waals surface area contributed by atoms with E-state index >= 15 is 0 Å². The lowest BCUT2D eigenvalue weighted by molar-refractivity contribution is -0.146. The molecule has 0 aliphatic carbocycles. The standard InChI is InChI=1S/C15H17BrO5/c1-2-3-8-20-15(19)10-21-12-5-6-13(16)11(9-12)4-7-14(17)18/h4-7,9H,2-3,8,10H2,1H3,(H,17,18)/b7-4+. The highest BCUT2D eigenvalue weighted by Gasteiger charge is 2.05. The summed E-state index contributed by atoms with van der Waals surface area (Å²) in [5.74, 6) is -0.989. The number of rotatable bonds is 8. The first-order valence-electron chi connectivity index (χ1n) is 6.52. The summed E-state index contributed by atoms with van der Waals surface area (Å²) in [6.45, 7) is 2.23. The van der Waals surface area contributed by atoms with Crippen LogP contribution in [0.25, 0.3) is 6.08 Å². The van der Waals surface area contributed by atoms with E-state index in [9.17, 15) is 9.59 Å². The molecule has 0 heterocycles. The highest BCUT2D eigenvalue weighted by Crippen LogP contribution is 2.23. The molecule has 0 aliphatic heterocycles. The number of aliphatic carboxylic acids is 1. The van der Waals surface area contributed by atoms with Crippen molar-refractivity contribution in [1.29, 1.82) is 0 Å². The molecule has 0 aliphatic rings. The first kappa shape index (κ1) is 17.2. The van der Waals surface area contributed by atoms with E-state index in [-0.39, 0.29) is 6.61 Å². The molecule has 0 radical (unpaired) electrons. The second kappa shape index (κ2) is 9.18. The molecule has 1 rings (SSSR count). The van der Waals surface area contributed by atoms with E-state index in [1.807, 2.05) is 6.92 Å². The summed E-state index contributed by atoms with van der Waals surface area (Å²) in [4.78, 5) is 21.9. The first-order valence-corrected chi connectivity index (χ1v) is 7.31. The molecule has 0 spiro atoms. The maximum atomic E-state index is 11.4. The first-order chi connectivity index (χ1) is 10.0. The number of carbonyl (C=O) groups is 2. The predicted octanol–water partition coefficient (Wildman–Crippen LogP) is 3.27. The van der Waals surface area contributed by atoms with Crippen LogP contribution in [0.5, 0.6) is 5.75 Å². The van der Waals surface area contributed by atoms with E-state index in [0.29, 0.717) is 17.9 Å². The third kappa shape index (κ3) is 6.94. The van der Waals surface area contributed by atoms with Gasteiger partial charge < -0.3 is 14.6 Å². The Morgan fingerprint density at radius 1 is 1.38 bits per heavy atom. The van der Waals surface area contributed by atoms with Crippen LogP contribution in [0.3, 0.4) is 0 Å². The minimum absolute atomic E-state index is 0.173. The van der Waals surface area contributed by atoms with Crippen LogP contribution in [-0.4, -0.2) is 30.3 Å². The molecule has 0 atom stereocenters. The number of carbonyl (C=O) groups excluding carboxylic acids is 1. The van der Waals surface area contributed by atoms with Crippen molar-refractivity contribution in [3.8, 4) is 5.75 Å². The van der Waals surface area contributed by atoms with Crippen molar-refractivity contribution in [3.05, 3.63) is 34.3 Å². The summed E-state index contributed by atoms with van der Waals surface area (Å²) >= 11 is 3.31. The zero-order valence-corrected chi connectivity index (χ0v) is 13.3. The van der Waals surface area contributed by atoms with Gasteiger partial charge in [-0.3, -0.25) is 0 Å². The van der Waals surface area contributed by atoms with Crippen LogP contribution >= 0.6 is 15.9 Å². The SMILES string of the molecule is CCCCOC(=O)COc1ccc(Br)c(/C=C/C(=O)O)c1. The molecule has 1 aromatic rings. The summed E-state index contributed by atoms with van der Waals surface area (Å²) in [6.07, 6.45) is 4.26. The summed E-state index contributed by atoms with van der Waals surface area (Å²) in [7, 11) is 0. The van der Waals surface area contributed by atoms with Crippen LogP contribution in [0.15, 0.2) is 28.7 Å². The van der Waals surface area contributed by atoms with Gasteiger partial charge in [-0.15, -0.1) is 0 Å². The Hall–Kier alpha value is -1.82. The molecule has 0 amide bonds.